The van der Waals surface area contributed by atoms with Crippen LogP contribution in [0.15, 0.2) is 29.2 Å². The predicted molar refractivity (Wildman–Crippen MR) is 66.7 cm³/mol. The number of carboxylic acids is 1. The predicted octanol–water partition coefficient (Wildman–Crippen LogP) is 2.22. The number of aliphatic carboxylic acids is 1. The van der Waals surface area contributed by atoms with E-state index in [2.05, 4.69) is 29.6 Å². The summed E-state index contributed by atoms with van der Waals surface area (Å²) in [5.41, 5.74) is 1.18. The summed E-state index contributed by atoms with van der Waals surface area (Å²) in [4.78, 5) is 11.8. The normalized spacial score (nSPS) is 12.4. The lowest BCUT2D eigenvalue weighted by atomic mass is 10.1. The first kappa shape index (κ1) is 13.1. The van der Waals surface area contributed by atoms with E-state index in [1.165, 1.54) is 10.5 Å². The summed E-state index contributed by atoms with van der Waals surface area (Å²) >= 11 is 1.71. The van der Waals surface area contributed by atoms with Gasteiger partial charge < -0.3 is 10.4 Å². The fourth-order valence-corrected chi connectivity index (χ4v) is 1.67. The van der Waals surface area contributed by atoms with Gasteiger partial charge in [-0.25, -0.2) is 0 Å². The summed E-state index contributed by atoms with van der Waals surface area (Å²) in [5, 5.41) is 11.8. The second-order valence-corrected chi connectivity index (χ2v) is 4.60. The van der Waals surface area contributed by atoms with E-state index in [1.54, 1.807) is 18.7 Å². The molecule has 1 aromatic carbocycles. The van der Waals surface area contributed by atoms with E-state index < -0.39 is 5.97 Å². The SMILES string of the molecule is CSc1ccc(CNCC(C)C(=O)O)cc1. The second kappa shape index (κ2) is 6.55. The molecule has 0 fully saturated rings. The Hall–Kier alpha value is -1.00. The molecule has 0 heterocycles. The van der Waals surface area contributed by atoms with E-state index in [-0.39, 0.29) is 5.92 Å². The number of carboxylic acid groups (broad SMARTS) is 1. The van der Waals surface area contributed by atoms with Crippen molar-refractivity contribution < 1.29 is 9.90 Å². The summed E-state index contributed by atoms with van der Waals surface area (Å²) in [6, 6.07) is 8.26. The fourth-order valence-electron chi connectivity index (χ4n) is 1.26. The third kappa shape index (κ3) is 4.24. The van der Waals surface area contributed by atoms with Gasteiger partial charge in [0.2, 0.25) is 0 Å². The third-order valence-corrected chi connectivity index (χ3v) is 3.10. The van der Waals surface area contributed by atoms with Crippen molar-refractivity contribution in [1.29, 1.82) is 0 Å². The minimum Gasteiger partial charge on any atom is -0.481 e. The molecule has 0 aliphatic heterocycles. The van der Waals surface area contributed by atoms with Crippen LogP contribution in [0.2, 0.25) is 0 Å². The Labute approximate surface area is 100 Å². The van der Waals surface area contributed by atoms with Crippen LogP contribution in [0.4, 0.5) is 0 Å². The number of thioether (sulfide) groups is 1. The first-order valence-corrected chi connectivity index (χ1v) is 6.42. The first-order valence-electron chi connectivity index (χ1n) is 5.20. The van der Waals surface area contributed by atoms with Crippen molar-refractivity contribution in [3.8, 4) is 0 Å². The van der Waals surface area contributed by atoms with Gasteiger partial charge in [-0.05, 0) is 24.0 Å². The summed E-state index contributed by atoms with van der Waals surface area (Å²) < 4.78 is 0. The first-order chi connectivity index (χ1) is 7.63. The summed E-state index contributed by atoms with van der Waals surface area (Å²) in [6.07, 6.45) is 2.04. The molecule has 0 radical (unpaired) electrons. The molecule has 1 rings (SSSR count). The lowest BCUT2D eigenvalue weighted by Gasteiger charge is -2.08. The standard InChI is InChI=1S/C12H17NO2S/c1-9(12(14)15)7-13-8-10-3-5-11(16-2)6-4-10/h3-6,9,13H,7-8H2,1-2H3,(H,14,15). The van der Waals surface area contributed by atoms with Crippen LogP contribution in [0.5, 0.6) is 0 Å². The molecular weight excluding hydrogens is 222 g/mol. The highest BCUT2D eigenvalue weighted by molar-refractivity contribution is 7.98. The van der Waals surface area contributed by atoms with Crippen molar-refractivity contribution in [1.82, 2.24) is 5.32 Å². The molecular formula is C12H17NO2S. The Balaban J connectivity index is 2.34. The maximum atomic E-state index is 10.6. The monoisotopic (exact) mass is 239 g/mol. The van der Waals surface area contributed by atoms with Gasteiger partial charge in [-0.3, -0.25) is 4.79 Å². The maximum Gasteiger partial charge on any atom is 0.307 e. The van der Waals surface area contributed by atoms with Gasteiger partial charge in [-0.1, -0.05) is 19.1 Å². The van der Waals surface area contributed by atoms with Crippen molar-refractivity contribution >= 4 is 17.7 Å². The largest absolute Gasteiger partial charge is 0.481 e. The summed E-state index contributed by atoms with van der Waals surface area (Å²) in [7, 11) is 0. The van der Waals surface area contributed by atoms with Crippen LogP contribution in [-0.4, -0.2) is 23.9 Å². The van der Waals surface area contributed by atoms with Gasteiger partial charge >= 0.3 is 5.97 Å². The van der Waals surface area contributed by atoms with E-state index in [9.17, 15) is 4.79 Å². The van der Waals surface area contributed by atoms with Crippen molar-refractivity contribution in [2.45, 2.75) is 18.4 Å². The minimum atomic E-state index is -0.759. The Morgan fingerprint density at radius 3 is 2.56 bits per heavy atom. The maximum absolute atomic E-state index is 10.6. The molecule has 16 heavy (non-hydrogen) atoms. The zero-order valence-corrected chi connectivity index (χ0v) is 10.4. The van der Waals surface area contributed by atoms with E-state index in [0.717, 1.165) is 0 Å². The molecule has 4 heteroatoms. The van der Waals surface area contributed by atoms with Crippen molar-refractivity contribution in [3.63, 3.8) is 0 Å². The number of hydrogen-bond donors (Lipinski definition) is 2. The van der Waals surface area contributed by atoms with Crippen molar-refractivity contribution in [2.75, 3.05) is 12.8 Å². The van der Waals surface area contributed by atoms with Gasteiger partial charge in [-0.15, -0.1) is 11.8 Å². The molecule has 0 aromatic heterocycles. The van der Waals surface area contributed by atoms with Gasteiger partial charge in [-0.2, -0.15) is 0 Å². The lowest BCUT2D eigenvalue weighted by molar-refractivity contribution is -0.140. The fraction of sp³-hybridized carbons (Fsp3) is 0.417. The number of benzene rings is 1. The Bertz CT molecular complexity index is 337. The topological polar surface area (TPSA) is 49.3 Å². The zero-order chi connectivity index (χ0) is 12.0. The lowest BCUT2D eigenvalue weighted by Crippen LogP contribution is -2.25. The summed E-state index contributed by atoms with van der Waals surface area (Å²) in [5.74, 6) is -1.10. The van der Waals surface area contributed by atoms with Crippen LogP contribution < -0.4 is 5.32 Å². The molecule has 0 bridgehead atoms. The molecule has 0 amide bonds. The van der Waals surface area contributed by atoms with Gasteiger partial charge in [0.1, 0.15) is 0 Å². The van der Waals surface area contributed by atoms with Gasteiger partial charge in [0.25, 0.3) is 0 Å². The molecule has 1 unspecified atom stereocenters. The zero-order valence-electron chi connectivity index (χ0n) is 9.56. The molecule has 2 N–H and O–H groups in total. The quantitative estimate of drug-likeness (QED) is 0.747. The molecule has 0 spiro atoms. The van der Waals surface area contributed by atoms with Crippen molar-refractivity contribution in [3.05, 3.63) is 29.8 Å². The Kier molecular flexibility index (Phi) is 5.35. The summed E-state index contributed by atoms with van der Waals surface area (Å²) in [6.45, 7) is 2.91. The molecule has 0 saturated carbocycles. The van der Waals surface area contributed by atoms with Crippen LogP contribution in [0, 0.1) is 5.92 Å². The van der Waals surface area contributed by atoms with Crippen molar-refractivity contribution in [2.24, 2.45) is 5.92 Å². The van der Waals surface area contributed by atoms with Crippen LogP contribution in [0.3, 0.4) is 0 Å². The number of nitrogens with one attached hydrogen (secondary N) is 1. The van der Waals surface area contributed by atoms with E-state index in [0.29, 0.717) is 13.1 Å². The van der Waals surface area contributed by atoms with Crippen LogP contribution in [0.25, 0.3) is 0 Å². The second-order valence-electron chi connectivity index (χ2n) is 3.72. The highest BCUT2D eigenvalue weighted by Crippen LogP contribution is 2.14. The molecule has 1 aromatic rings. The molecule has 0 aliphatic carbocycles. The molecule has 0 saturated heterocycles. The minimum absolute atomic E-state index is 0.342. The highest BCUT2D eigenvalue weighted by atomic mass is 32.2. The third-order valence-electron chi connectivity index (χ3n) is 2.36. The highest BCUT2D eigenvalue weighted by Gasteiger charge is 2.09. The van der Waals surface area contributed by atoms with E-state index >= 15 is 0 Å². The van der Waals surface area contributed by atoms with Crippen LogP contribution in [0.1, 0.15) is 12.5 Å². The van der Waals surface area contributed by atoms with E-state index in [1.807, 2.05) is 6.26 Å². The average Bonchev–Trinajstić information content (AvgIpc) is 2.29. The molecule has 3 nitrogen and oxygen atoms in total. The van der Waals surface area contributed by atoms with Crippen LogP contribution in [-0.2, 0) is 11.3 Å². The number of carbonyl (C=O) groups is 1. The smallest absolute Gasteiger partial charge is 0.307 e. The molecule has 1 atom stereocenters. The van der Waals surface area contributed by atoms with Gasteiger partial charge in [0.05, 0.1) is 5.92 Å². The average molecular weight is 239 g/mol. The Morgan fingerprint density at radius 2 is 2.06 bits per heavy atom. The molecule has 0 aliphatic rings. The van der Waals surface area contributed by atoms with E-state index in [4.69, 9.17) is 5.11 Å². The number of rotatable bonds is 6. The van der Waals surface area contributed by atoms with Gasteiger partial charge in [0, 0.05) is 18.0 Å². The Morgan fingerprint density at radius 1 is 1.44 bits per heavy atom. The van der Waals surface area contributed by atoms with Crippen LogP contribution >= 0.6 is 11.8 Å². The molecule has 88 valence electrons. The van der Waals surface area contributed by atoms with Gasteiger partial charge in [0.15, 0.2) is 0 Å². The number of hydrogen-bond acceptors (Lipinski definition) is 3.